The number of thiophene rings is 1. The third kappa shape index (κ3) is 3.80. The zero-order valence-corrected chi connectivity index (χ0v) is 11.7. The molecular formula is C15H14N2O2S. The Kier molecular flexibility index (Phi) is 4.68. The van der Waals surface area contributed by atoms with Gasteiger partial charge in [0.15, 0.2) is 0 Å². The first kappa shape index (κ1) is 14.0. The lowest BCUT2D eigenvalue weighted by molar-refractivity contribution is -0.111. The summed E-state index contributed by atoms with van der Waals surface area (Å²) in [7, 11) is 1.59. The van der Waals surface area contributed by atoms with Crippen LogP contribution < -0.4 is 10.6 Å². The number of hydrogen-bond donors (Lipinski definition) is 2. The molecule has 1 aromatic heterocycles. The van der Waals surface area contributed by atoms with Crippen molar-refractivity contribution in [1.82, 2.24) is 5.32 Å². The van der Waals surface area contributed by atoms with E-state index in [0.717, 1.165) is 11.3 Å². The highest BCUT2D eigenvalue weighted by Gasteiger charge is 2.01. The summed E-state index contributed by atoms with van der Waals surface area (Å²) >= 11 is 1.53. The van der Waals surface area contributed by atoms with E-state index >= 15 is 0 Å². The average Bonchev–Trinajstić information content (AvgIpc) is 2.97. The lowest BCUT2D eigenvalue weighted by atomic mass is 10.1. The van der Waals surface area contributed by atoms with Gasteiger partial charge in [-0.3, -0.25) is 9.59 Å². The van der Waals surface area contributed by atoms with Crippen molar-refractivity contribution in [3.05, 3.63) is 58.3 Å². The van der Waals surface area contributed by atoms with Crippen LogP contribution in [0.3, 0.4) is 0 Å². The van der Waals surface area contributed by atoms with Gasteiger partial charge in [-0.15, -0.1) is 0 Å². The summed E-state index contributed by atoms with van der Waals surface area (Å²) in [4.78, 5) is 23.0. The van der Waals surface area contributed by atoms with E-state index < -0.39 is 0 Å². The fraction of sp³-hybridized carbons (Fsp3) is 0.0667. The van der Waals surface area contributed by atoms with Crippen LogP contribution in [0.2, 0.25) is 0 Å². The molecule has 0 atom stereocenters. The van der Waals surface area contributed by atoms with Gasteiger partial charge in [-0.1, -0.05) is 12.1 Å². The highest BCUT2D eigenvalue weighted by atomic mass is 32.1. The summed E-state index contributed by atoms with van der Waals surface area (Å²) in [5.74, 6) is -0.311. The summed E-state index contributed by atoms with van der Waals surface area (Å²) in [5.41, 5.74) is 2.24. The molecule has 2 amide bonds. The molecule has 0 aliphatic heterocycles. The Labute approximate surface area is 121 Å². The van der Waals surface area contributed by atoms with Gasteiger partial charge in [-0.25, -0.2) is 0 Å². The maximum absolute atomic E-state index is 11.6. The van der Waals surface area contributed by atoms with Crippen LogP contribution in [0.1, 0.15) is 15.9 Å². The first-order chi connectivity index (χ1) is 9.69. The van der Waals surface area contributed by atoms with Gasteiger partial charge in [0.1, 0.15) is 0 Å². The number of nitrogens with one attached hydrogen (secondary N) is 2. The Hall–Kier alpha value is -2.40. The van der Waals surface area contributed by atoms with Crippen molar-refractivity contribution >= 4 is 34.9 Å². The number of rotatable bonds is 4. The molecule has 1 heterocycles. The summed E-state index contributed by atoms with van der Waals surface area (Å²) < 4.78 is 0. The van der Waals surface area contributed by atoms with Crippen LogP contribution in [-0.2, 0) is 4.79 Å². The molecule has 102 valence electrons. The first-order valence-corrected chi connectivity index (χ1v) is 6.97. The van der Waals surface area contributed by atoms with E-state index in [1.165, 1.54) is 17.4 Å². The maximum Gasteiger partial charge on any atom is 0.251 e. The minimum atomic E-state index is -0.182. The topological polar surface area (TPSA) is 58.2 Å². The number of amides is 2. The number of hydrogen-bond acceptors (Lipinski definition) is 3. The standard InChI is InChI=1S/C15H14N2O2S/c1-16-15(19)12-5-2-11(3-6-12)4-7-14(18)17-13-8-9-20-10-13/h2-10H,1H3,(H,16,19)(H,17,18). The predicted octanol–water partition coefficient (Wildman–Crippen LogP) is 2.76. The van der Waals surface area contributed by atoms with Crippen molar-refractivity contribution in [2.75, 3.05) is 12.4 Å². The maximum atomic E-state index is 11.6. The van der Waals surface area contributed by atoms with Crippen molar-refractivity contribution in [2.45, 2.75) is 0 Å². The molecule has 0 bridgehead atoms. The van der Waals surface area contributed by atoms with E-state index in [4.69, 9.17) is 0 Å². The van der Waals surface area contributed by atoms with E-state index in [1.807, 2.05) is 16.8 Å². The fourth-order valence-electron chi connectivity index (χ4n) is 1.58. The summed E-state index contributed by atoms with van der Waals surface area (Å²) in [6, 6.07) is 8.86. The Bertz CT molecular complexity index is 616. The van der Waals surface area contributed by atoms with Crippen molar-refractivity contribution < 1.29 is 9.59 Å². The molecule has 0 saturated carbocycles. The Morgan fingerprint density at radius 2 is 1.90 bits per heavy atom. The van der Waals surface area contributed by atoms with Crippen LogP contribution in [0.4, 0.5) is 5.69 Å². The zero-order valence-electron chi connectivity index (χ0n) is 10.9. The molecule has 1 aromatic carbocycles. The van der Waals surface area contributed by atoms with Crippen molar-refractivity contribution in [2.24, 2.45) is 0 Å². The highest BCUT2D eigenvalue weighted by Crippen LogP contribution is 2.12. The second kappa shape index (κ2) is 6.68. The molecule has 2 N–H and O–H groups in total. The Morgan fingerprint density at radius 1 is 1.15 bits per heavy atom. The minimum Gasteiger partial charge on any atom is -0.355 e. The number of carbonyl (C=O) groups excluding carboxylic acids is 2. The summed E-state index contributed by atoms with van der Waals surface area (Å²) in [6.45, 7) is 0. The molecule has 0 saturated heterocycles. The SMILES string of the molecule is CNC(=O)c1ccc(C=CC(=O)Nc2ccsc2)cc1. The zero-order chi connectivity index (χ0) is 14.4. The minimum absolute atomic E-state index is 0.129. The summed E-state index contributed by atoms with van der Waals surface area (Å²) in [6.07, 6.45) is 3.17. The number of carbonyl (C=O) groups is 2. The lowest BCUT2D eigenvalue weighted by Crippen LogP contribution is -2.17. The van der Waals surface area contributed by atoms with Crippen LogP contribution in [0.15, 0.2) is 47.2 Å². The number of anilines is 1. The third-order valence-electron chi connectivity index (χ3n) is 2.62. The van der Waals surface area contributed by atoms with Crippen LogP contribution in [0, 0.1) is 0 Å². The van der Waals surface area contributed by atoms with Gasteiger partial charge in [0, 0.05) is 24.1 Å². The van der Waals surface area contributed by atoms with Gasteiger partial charge in [0.05, 0.1) is 5.69 Å². The Balaban J connectivity index is 1.97. The van der Waals surface area contributed by atoms with E-state index in [-0.39, 0.29) is 11.8 Å². The first-order valence-electron chi connectivity index (χ1n) is 6.02. The van der Waals surface area contributed by atoms with Gasteiger partial charge < -0.3 is 10.6 Å². The molecule has 2 rings (SSSR count). The Morgan fingerprint density at radius 3 is 2.50 bits per heavy atom. The van der Waals surface area contributed by atoms with Crippen LogP contribution in [0.5, 0.6) is 0 Å². The van der Waals surface area contributed by atoms with E-state index in [9.17, 15) is 9.59 Å². The van der Waals surface area contributed by atoms with Crippen LogP contribution in [-0.4, -0.2) is 18.9 Å². The molecule has 0 spiro atoms. The van der Waals surface area contributed by atoms with Crippen molar-refractivity contribution in [3.8, 4) is 0 Å². The summed E-state index contributed by atoms with van der Waals surface area (Å²) in [5, 5.41) is 9.07. The largest absolute Gasteiger partial charge is 0.355 e. The van der Waals surface area contributed by atoms with Gasteiger partial charge in [-0.2, -0.15) is 11.3 Å². The van der Waals surface area contributed by atoms with Gasteiger partial charge in [0.2, 0.25) is 5.91 Å². The third-order valence-corrected chi connectivity index (χ3v) is 3.30. The molecule has 0 radical (unpaired) electrons. The van der Waals surface area contributed by atoms with Crippen LogP contribution >= 0.6 is 11.3 Å². The smallest absolute Gasteiger partial charge is 0.251 e. The molecular weight excluding hydrogens is 272 g/mol. The highest BCUT2D eigenvalue weighted by molar-refractivity contribution is 7.08. The fourth-order valence-corrected chi connectivity index (χ4v) is 2.17. The number of benzene rings is 1. The van der Waals surface area contributed by atoms with Crippen molar-refractivity contribution in [1.29, 1.82) is 0 Å². The van der Waals surface area contributed by atoms with Crippen LogP contribution in [0.25, 0.3) is 6.08 Å². The second-order valence-corrected chi connectivity index (χ2v) is 4.82. The molecule has 20 heavy (non-hydrogen) atoms. The van der Waals surface area contributed by atoms with E-state index in [2.05, 4.69) is 10.6 Å². The molecule has 0 unspecified atom stereocenters. The molecule has 0 aliphatic carbocycles. The lowest BCUT2D eigenvalue weighted by Gasteiger charge is -2.00. The molecule has 0 aliphatic rings. The molecule has 4 nitrogen and oxygen atoms in total. The molecule has 5 heteroatoms. The predicted molar refractivity (Wildman–Crippen MR) is 81.8 cm³/mol. The van der Waals surface area contributed by atoms with Gasteiger partial charge in [-0.05, 0) is 35.2 Å². The molecule has 2 aromatic rings. The second-order valence-electron chi connectivity index (χ2n) is 4.04. The van der Waals surface area contributed by atoms with E-state index in [0.29, 0.717) is 5.56 Å². The average molecular weight is 286 g/mol. The quantitative estimate of drug-likeness (QED) is 0.849. The van der Waals surface area contributed by atoms with Gasteiger partial charge in [0.25, 0.3) is 5.91 Å². The van der Waals surface area contributed by atoms with Crippen molar-refractivity contribution in [3.63, 3.8) is 0 Å². The molecule has 0 fully saturated rings. The van der Waals surface area contributed by atoms with Gasteiger partial charge >= 0.3 is 0 Å². The van der Waals surface area contributed by atoms with E-state index in [1.54, 1.807) is 37.4 Å². The monoisotopic (exact) mass is 286 g/mol. The normalized spacial score (nSPS) is 10.4.